The van der Waals surface area contributed by atoms with Gasteiger partial charge in [-0.3, -0.25) is 4.57 Å². The van der Waals surface area contributed by atoms with Gasteiger partial charge < -0.3 is 9.64 Å². The molecule has 2 heterocycles. The van der Waals surface area contributed by atoms with E-state index < -0.39 is 0 Å². The van der Waals surface area contributed by atoms with Crippen molar-refractivity contribution in [2.24, 2.45) is 0 Å². The number of thioether (sulfide) groups is 1. The molecule has 6 heteroatoms. The van der Waals surface area contributed by atoms with Crippen molar-refractivity contribution in [3.63, 3.8) is 0 Å². The molecule has 5 nitrogen and oxygen atoms in total. The van der Waals surface area contributed by atoms with Gasteiger partial charge in [-0.1, -0.05) is 23.9 Å². The third-order valence-electron chi connectivity index (χ3n) is 4.86. The summed E-state index contributed by atoms with van der Waals surface area (Å²) in [5, 5.41) is 10.0. The zero-order chi connectivity index (χ0) is 17.2. The van der Waals surface area contributed by atoms with E-state index in [-0.39, 0.29) is 0 Å². The largest absolute Gasteiger partial charge is 0.492 e. The summed E-state index contributed by atoms with van der Waals surface area (Å²) < 4.78 is 8.34. The Morgan fingerprint density at radius 2 is 1.96 bits per heavy atom. The van der Waals surface area contributed by atoms with Crippen LogP contribution in [-0.2, 0) is 0 Å². The average Bonchev–Trinajstić information content (AvgIpc) is 3.13. The summed E-state index contributed by atoms with van der Waals surface area (Å²) >= 11 is 1.76. The van der Waals surface area contributed by atoms with Crippen LogP contribution in [0.25, 0.3) is 0 Å². The molecule has 1 aliphatic carbocycles. The van der Waals surface area contributed by atoms with Gasteiger partial charge >= 0.3 is 0 Å². The van der Waals surface area contributed by atoms with Gasteiger partial charge in [-0.15, -0.1) is 10.2 Å². The van der Waals surface area contributed by atoms with Crippen molar-refractivity contribution in [1.82, 2.24) is 14.8 Å². The lowest BCUT2D eigenvalue weighted by Crippen LogP contribution is -2.22. The molecule has 0 atom stereocenters. The SMILES string of the molecule is Cc1ccc(C)c(OCCSc2nnc(N3CCCC3)n2C2CC2)c1. The van der Waals surface area contributed by atoms with E-state index in [0.717, 1.165) is 35.7 Å². The number of nitrogens with zero attached hydrogens (tertiary/aromatic N) is 4. The lowest BCUT2D eigenvalue weighted by molar-refractivity contribution is 0.341. The van der Waals surface area contributed by atoms with Crippen LogP contribution < -0.4 is 9.64 Å². The Hall–Kier alpha value is -1.69. The van der Waals surface area contributed by atoms with Crippen LogP contribution in [0.4, 0.5) is 5.95 Å². The van der Waals surface area contributed by atoms with Crippen LogP contribution >= 0.6 is 11.8 Å². The fourth-order valence-corrected chi connectivity index (χ4v) is 4.12. The number of anilines is 1. The van der Waals surface area contributed by atoms with Gasteiger partial charge in [-0.05, 0) is 56.7 Å². The van der Waals surface area contributed by atoms with Crippen LogP contribution in [0.5, 0.6) is 5.75 Å². The summed E-state index contributed by atoms with van der Waals surface area (Å²) in [6.07, 6.45) is 5.05. The first kappa shape index (κ1) is 16.8. The zero-order valence-electron chi connectivity index (χ0n) is 15.1. The number of hydrogen-bond donors (Lipinski definition) is 0. The first-order chi connectivity index (χ1) is 12.2. The molecule has 1 aromatic heterocycles. The Morgan fingerprint density at radius 3 is 2.72 bits per heavy atom. The van der Waals surface area contributed by atoms with Crippen molar-refractivity contribution in [3.8, 4) is 5.75 Å². The first-order valence-corrected chi connectivity index (χ1v) is 10.2. The van der Waals surface area contributed by atoms with Gasteiger partial charge in [0.15, 0.2) is 5.16 Å². The molecule has 0 bridgehead atoms. The van der Waals surface area contributed by atoms with Crippen LogP contribution in [0.15, 0.2) is 23.4 Å². The molecule has 25 heavy (non-hydrogen) atoms. The molecule has 134 valence electrons. The van der Waals surface area contributed by atoms with Crippen LogP contribution in [0.2, 0.25) is 0 Å². The maximum absolute atomic E-state index is 5.97. The molecule has 0 amide bonds. The first-order valence-electron chi connectivity index (χ1n) is 9.25. The van der Waals surface area contributed by atoms with Gasteiger partial charge in [-0.2, -0.15) is 0 Å². The molecule has 1 aromatic carbocycles. The molecule has 2 aromatic rings. The second-order valence-corrected chi connectivity index (χ2v) is 8.11. The number of aromatic nitrogens is 3. The third-order valence-corrected chi connectivity index (χ3v) is 5.77. The molecule has 0 unspecified atom stereocenters. The summed E-state index contributed by atoms with van der Waals surface area (Å²) in [5.74, 6) is 2.96. The minimum atomic E-state index is 0.605. The molecule has 0 radical (unpaired) electrons. The second kappa shape index (κ2) is 7.28. The molecule has 2 aliphatic rings. The van der Waals surface area contributed by atoms with Crippen molar-refractivity contribution < 1.29 is 4.74 Å². The van der Waals surface area contributed by atoms with Gasteiger partial charge in [0.25, 0.3) is 0 Å². The number of ether oxygens (including phenoxy) is 1. The maximum Gasteiger partial charge on any atom is 0.228 e. The van der Waals surface area contributed by atoms with Crippen LogP contribution in [0, 0.1) is 13.8 Å². The molecule has 4 rings (SSSR count). The Kier molecular flexibility index (Phi) is 4.88. The molecule has 2 fully saturated rings. The number of hydrogen-bond acceptors (Lipinski definition) is 5. The lowest BCUT2D eigenvalue weighted by Gasteiger charge is -2.18. The van der Waals surface area contributed by atoms with Gasteiger partial charge in [0.2, 0.25) is 5.95 Å². The summed E-state index contributed by atoms with van der Waals surface area (Å²) in [5.41, 5.74) is 2.42. The predicted molar refractivity (Wildman–Crippen MR) is 102 cm³/mol. The number of rotatable bonds is 7. The Bertz CT molecular complexity index is 735. The fraction of sp³-hybridized carbons (Fsp3) is 0.579. The highest BCUT2D eigenvalue weighted by Gasteiger charge is 2.32. The van der Waals surface area contributed by atoms with Gasteiger partial charge in [0.1, 0.15) is 5.75 Å². The normalized spacial score (nSPS) is 17.3. The van der Waals surface area contributed by atoms with Crippen molar-refractivity contribution >= 4 is 17.7 Å². The zero-order valence-corrected chi connectivity index (χ0v) is 15.9. The summed E-state index contributed by atoms with van der Waals surface area (Å²) in [7, 11) is 0. The van der Waals surface area contributed by atoms with E-state index in [9.17, 15) is 0 Å². The van der Waals surface area contributed by atoms with Crippen molar-refractivity contribution in [2.45, 2.75) is 50.7 Å². The van der Waals surface area contributed by atoms with Gasteiger partial charge in [0.05, 0.1) is 6.61 Å². The Morgan fingerprint density at radius 1 is 1.16 bits per heavy atom. The lowest BCUT2D eigenvalue weighted by atomic mass is 10.1. The van der Waals surface area contributed by atoms with Crippen LogP contribution in [0.3, 0.4) is 0 Å². The highest BCUT2D eigenvalue weighted by molar-refractivity contribution is 7.99. The molecule has 1 aliphatic heterocycles. The third kappa shape index (κ3) is 3.78. The second-order valence-electron chi connectivity index (χ2n) is 7.04. The number of benzene rings is 1. The Balaban J connectivity index is 1.37. The molecule has 0 spiro atoms. The quantitative estimate of drug-likeness (QED) is 0.553. The van der Waals surface area contributed by atoms with E-state index in [0.29, 0.717) is 12.6 Å². The average molecular weight is 359 g/mol. The summed E-state index contributed by atoms with van der Waals surface area (Å²) in [6, 6.07) is 6.95. The van der Waals surface area contributed by atoms with Crippen molar-refractivity contribution in [1.29, 1.82) is 0 Å². The topological polar surface area (TPSA) is 43.2 Å². The smallest absolute Gasteiger partial charge is 0.228 e. The van der Waals surface area contributed by atoms with E-state index in [1.165, 1.54) is 36.8 Å². The molecule has 1 saturated carbocycles. The van der Waals surface area contributed by atoms with Crippen molar-refractivity contribution in [2.75, 3.05) is 30.3 Å². The Labute approximate surface area is 153 Å². The van der Waals surface area contributed by atoms with E-state index in [2.05, 4.69) is 51.7 Å². The monoisotopic (exact) mass is 358 g/mol. The highest BCUT2D eigenvalue weighted by Crippen LogP contribution is 2.41. The summed E-state index contributed by atoms with van der Waals surface area (Å²) in [4.78, 5) is 2.39. The van der Waals surface area contributed by atoms with Gasteiger partial charge in [0, 0.05) is 24.9 Å². The van der Waals surface area contributed by atoms with E-state index in [1.54, 1.807) is 11.8 Å². The summed E-state index contributed by atoms with van der Waals surface area (Å²) in [6.45, 7) is 7.11. The predicted octanol–water partition coefficient (Wildman–Crippen LogP) is 4.00. The van der Waals surface area contributed by atoms with Crippen LogP contribution in [-0.4, -0.2) is 40.2 Å². The van der Waals surface area contributed by atoms with E-state index in [1.807, 2.05) is 0 Å². The number of aryl methyl sites for hydroxylation is 2. The van der Waals surface area contributed by atoms with E-state index >= 15 is 0 Å². The molecular weight excluding hydrogens is 332 g/mol. The highest BCUT2D eigenvalue weighted by atomic mass is 32.2. The molecular formula is C19H26N4OS. The fourth-order valence-electron chi connectivity index (χ4n) is 3.30. The minimum absolute atomic E-state index is 0.605. The van der Waals surface area contributed by atoms with E-state index in [4.69, 9.17) is 4.74 Å². The van der Waals surface area contributed by atoms with Crippen LogP contribution in [0.1, 0.15) is 42.9 Å². The molecule has 1 saturated heterocycles. The van der Waals surface area contributed by atoms with Crippen molar-refractivity contribution in [3.05, 3.63) is 29.3 Å². The van der Waals surface area contributed by atoms with Gasteiger partial charge in [-0.25, -0.2) is 0 Å². The maximum atomic E-state index is 5.97. The molecule has 0 N–H and O–H groups in total. The standard InChI is InChI=1S/C19H26N4OS/c1-14-5-6-15(2)17(13-14)24-11-12-25-19-21-20-18(22-9-3-4-10-22)23(19)16-7-8-16/h5-6,13,16H,3-4,7-12H2,1-2H3. The minimum Gasteiger partial charge on any atom is -0.492 e.